The molecule has 0 spiro atoms. The number of carbonyl (C=O) groups excluding carboxylic acids is 1. The topological polar surface area (TPSA) is 20.3 Å². The van der Waals surface area contributed by atoms with Crippen molar-refractivity contribution in [2.45, 2.75) is 38.1 Å². The molecule has 1 saturated carbocycles. The van der Waals surface area contributed by atoms with E-state index in [1.807, 2.05) is 27.1 Å². The maximum Gasteiger partial charge on any atom is 0.125 e. The molecule has 0 unspecified atom stereocenters. The summed E-state index contributed by atoms with van der Waals surface area (Å²) < 4.78 is 13.5. The molecule has 0 aliphatic heterocycles. The smallest absolute Gasteiger partial charge is 0.125 e. The second kappa shape index (κ2) is 5.04. The van der Waals surface area contributed by atoms with Gasteiger partial charge in [-0.05, 0) is 57.5 Å². The third kappa shape index (κ3) is 2.57. The molecular formula is C16H22FNO. The van der Waals surface area contributed by atoms with Crippen LogP contribution in [0.15, 0.2) is 24.3 Å². The zero-order chi connectivity index (χ0) is 14.1. The first-order valence-electron chi connectivity index (χ1n) is 6.82. The van der Waals surface area contributed by atoms with Crippen LogP contribution in [0.25, 0.3) is 0 Å². The van der Waals surface area contributed by atoms with Crippen LogP contribution < -0.4 is 0 Å². The molecule has 0 saturated heterocycles. The van der Waals surface area contributed by atoms with Gasteiger partial charge in [0, 0.05) is 11.0 Å². The Hall–Kier alpha value is -1.22. The fourth-order valence-electron chi connectivity index (χ4n) is 3.12. The molecule has 0 bridgehead atoms. The standard InChI is InChI=1S/C16H22FNO/c1-15(12-19)7-9-16(10-8-15,18(2)3)13-5-4-6-14(17)11-13/h4-6,11-12H,7-10H2,1-3H3. The third-order valence-corrected chi connectivity index (χ3v) is 4.72. The number of rotatable bonds is 3. The molecule has 1 aliphatic rings. The molecule has 0 radical (unpaired) electrons. The van der Waals surface area contributed by atoms with E-state index >= 15 is 0 Å². The van der Waals surface area contributed by atoms with Crippen LogP contribution in [-0.4, -0.2) is 25.3 Å². The van der Waals surface area contributed by atoms with Crippen molar-refractivity contribution < 1.29 is 9.18 Å². The first-order valence-corrected chi connectivity index (χ1v) is 6.82. The largest absolute Gasteiger partial charge is 0.303 e. The van der Waals surface area contributed by atoms with E-state index in [0.29, 0.717) is 0 Å². The summed E-state index contributed by atoms with van der Waals surface area (Å²) in [5.74, 6) is -0.192. The summed E-state index contributed by atoms with van der Waals surface area (Å²) in [5, 5.41) is 0. The Labute approximate surface area is 114 Å². The number of hydrogen-bond donors (Lipinski definition) is 0. The molecule has 1 aliphatic carbocycles. The predicted octanol–water partition coefficient (Wildman–Crippen LogP) is 3.36. The van der Waals surface area contributed by atoms with E-state index in [1.165, 1.54) is 6.07 Å². The molecule has 1 fully saturated rings. The lowest BCUT2D eigenvalue weighted by Gasteiger charge is -2.47. The molecule has 2 rings (SSSR count). The van der Waals surface area contributed by atoms with Gasteiger partial charge < -0.3 is 4.79 Å². The van der Waals surface area contributed by atoms with E-state index in [2.05, 4.69) is 4.90 Å². The summed E-state index contributed by atoms with van der Waals surface area (Å²) in [6.45, 7) is 2.02. The molecule has 1 aromatic carbocycles. The average Bonchev–Trinajstić information content (AvgIpc) is 2.39. The van der Waals surface area contributed by atoms with Crippen molar-refractivity contribution in [3.05, 3.63) is 35.6 Å². The second-order valence-corrected chi connectivity index (χ2v) is 6.21. The molecule has 19 heavy (non-hydrogen) atoms. The van der Waals surface area contributed by atoms with E-state index in [1.54, 1.807) is 12.1 Å². The molecule has 0 atom stereocenters. The Balaban J connectivity index is 2.34. The van der Waals surface area contributed by atoms with Crippen LogP contribution >= 0.6 is 0 Å². The van der Waals surface area contributed by atoms with E-state index in [0.717, 1.165) is 37.5 Å². The van der Waals surface area contributed by atoms with Crippen LogP contribution in [0.3, 0.4) is 0 Å². The van der Waals surface area contributed by atoms with E-state index in [-0.39, 0.29) is 16.8 Å². The summed E-state index contributed by atoms with van der Waals surface area (Å²) in [5.41, 5.74) is 0.655. The lowest BCUT2D eigenvalue weighted by molar-refractivity contribution is -0.118. The van der Waals surface area contributed by atoms with Gasteiger partial charge in [0.1, 0.15) is 12.1 Å². The van der Waals surface area contributed by atoms with Gasteiger partial charge in [0.05, 0.1) is 0 Å². The minimum atomic E-state index is -0.215. The zero-order valence-electron chi connectivity index (χ0n) is 11.9. The highest BCUT2D eigenvalue weighted by Crippen LogP contribution is 2.47. The lowest BCUT2D eigenvalue weighted by Crippen LogP contribution is -2.46. The van der Waals surface area contributed by atoms with Gasteiger partial charge in [0.2, 0.25) is 0 Å². The first-order chi connectivity index (χ1) is 8.92. The number of benzene rings is 1. The molecule has 2 nitrogen and oxygen atoms in total. The van der Waals surface area contributed by atoms with E-state index in [4.69, 9.17) is 0 Å². The summed E-state index contributed by atoms with van der Waals surface area (Å²) in [4.78, 5) is 13.4. The predicted molar refractivity (Wildman–Crippen MR) is 74.4 cm³/mol. The Kier molecular flexibility index (Phi) is 3.77. The molecular weight excluding hydrogens is 241 g/mol. The summed E-state index contributed by atoms with van der Waals surface area (Å²) >= 11 is 0. The molecule has 104 valence electrons. The molecule has 0 heterocycles. The zero-order valence-corrected chi connectivity index (χ0v) is 11.9. The van der Waals surface area contributed by atoms with Gasteiger partial charge in [-0.15, -0.1) is 0 Å². The normalized spacial score (nSPS) is 31.4. The highest BCUT2D eigenvalue weighted by molar-refractivity contribution is 5.59. The number of hydrogen-bond acceptors (Lipinski definition) is 2. The Morgan fingerprint density at radius 3 is 2.32 bits per heavy atom. The third-order valence-electron chi connectivity index (χ3n) is 4.72. The van der Waals surface area contributed by atoms with Crippen molar-refractivity contribution in [2.75, 3.05) is 14.1 Å². The van der Waals surface area contributed by atoms with Crippen molar-refractivity contribution in [3.63, 3.8) is 0 Å². The highest BCUT2D eigenvalue weighted by Gasteiger charge is 2.42. The van der Waals surface area contributed by atoms with Gasteiger partial charge >= 0.3 is 0 Å². The number of nitrogens with zero attached hydrogens (tertiary/aromatic N) is 1. The maximum absolute atomic E-state index is 13.5. The minimum Gasteiger partial charge on any atom is -0.303 e. The number of aldehydes is 1. The first kappa shape index (κ1) is 14.2. The molecule has 0 aromatic heterocycles. The number of carbonyl (C=O) groups is 1. The fourth-order valence-corrected chi connectivity index (χ4v) is 3.12. The van der Waals surface area contributed by atoms with Crippen LogP contribution in [0, 0.1) is 11.2 Å². The molecule has 1 aromatic rings. The van der Waals surface area contributed by atoms with Crippen LogP contribution in [0.4, 0.5) is 4.39 Å². The molecule has 0 N–H and O–H groups in total. The van der Waals surface area contributed by atoms with Crippen molar-refractivity contribution in [1.82, 2.24) is 4.90 Å². The SMILES string of the molecule is CN(C)C1(c2cccc(F)c2)CCC(C)(C=O)CC1. The van der Waals surface area contributed by atoms with Crippen molar-refractivity contribution in [3.8, 4) is 0 Å². The van der Waals surface area contributed by atoms with Crippen molar-refractivity contribution in [2.24, 2.45) is 5.41 Å². The summed E-state index contributed by atoms with van der Waals surface area (Å²) in [6.07, 6.45) is 4.56. The van der Waals surface area contributed by atoms with Gasteiger partial charge in [-0.3, -0.25) is 4.90 Å². The highest BCUT2D eigenvalue weighted by atomic mass is 19.1. The van der Waals surface area contributed by atoms with Crippen molar-refractivity contribution in [1.29, 1.82) is 0 Å². The van der Waals surface area contributed by atoms with Gasteiger partial charge in [-0.2, -0.15) is 0 Å². The van der Waals surface area contributed by atoms with E-state index in [9.17, 15) is 9.18 Å². The van der Waals surface area contributed by atoms with Crippen molar-refractivity contribution >= 4 is 6.29 Å². The fraction of sp³-hybridized carbons (Fsp3) is 0.562. The lowest BCUT2D eigenvalue weighted by atomic mass is 9.66. The summed E-state index contributed by atoms with van der Waals surface area (Å²) in [6, 6.07) is 6.87. The van der Waals surface area contributed by atoms with Gasteiger partial charge in [-0.25, -0.2) is 4.39 Å². The Morgan fingerprint density at radius 2 is 1.84 bits per heavy atom. The monoisotopic (exact) mass is 263 g/mol. The van der Waals surface area contributed by atoms with Gasteiger partial charge in [-0.1, -0.05) is 19.1 Å². The quantitative estimate of drug-likeness (QED) is 0.779. The van der Waals surface area contributed by atoms with E-state index < -0.39 is 0 Å². The number of halogens is 1. The molecule has 0 amide bonds. The van der Waals surface area contributed by atoms with Crippen LogP contribution in [0.2, 0.25) is 0 Å². The van der Waals surface area contributed by atoms with Gasteiger partial charge in [0.15, 0.2) is 0 Å². The van der Waals surface area contributed by atoms with Crippen LogP contribution in [-0.2, 0) is 10.3 Å². The Bertz CT molecular complexity index is 462. The molecule has 3 heteroatoms. The average molecular weight is 263 g/mol. The Morgan fingerprint density at radius 1 is 1.21 bits per heavy atom. The maximum atomic E-state index is 13.5. The minimum absolute atomic E-state index is 0.148. The summed E-state index contributed by atoms with van der Waals surface area (Å²) in [7, 11) is 4.07. The second-order valence-electron chi connectivity index (χ2n) is 6.21. The van der Waals surface area contributed by atoms with Crippen LogP contribution in [0.1, 0.15) is 38.2 Å². The van der Waals surface area contributed by atoms with Crippen LogP contribution in [0.5, 0.6) is 0 Å². The van der Waals surface area contributed by atoms with Gasteiger partial charge in [0.25, 0.3) is 0 Å².